The van der Waals surface area contributed by atoms with Gasteiger partial charge in [0.15, 0.2) is 0 Å². The van der Waals surface area contributed by atoms with E-state index in [4.69, 9.17) is 10.2 Å². The van der Waals surface area contributed by atoms with E-state index in [0.29, 0.717) is 6.54 Å². The molecule has 0 bridgehead atoms. The van der Waals surface area contributed by atoms with E-state index < -0.39 is 17.9 Å². The second-order valence-electron chi connectivity index (χ2n) is 6.40. The normalized spacial score (nSPS) is 11.7. The van der Waals surface area contributed by atoms with Crippen LogP contribution in [0.15, 0.2) is 12.2 Å². The fraction of sp³-hybridized carbons (Fsp3) is 0.722. The Morgan fingerprint density at radius 3 is 1.84 bits per heavy atom. The minimum atomic E-state index is -1.20. The highest BCUT2D eigenvalue weighted by Gasteiger charge is 2.28. The van der Waals surface area contributed by atoms with Gasteiger partial charge in [-0.2, -0.15) is 0 Å². The molecule has 0 unspecified atom stereocenters. The Morgan fingerprint density at radius 1 is 0.840 bits per heavy atom. The van der Waals surface area contributed by atoms with Crippen LogP contribution < -0.4 is 5.11 Å². The van der Waals surface area contributed by atoms with Crippen LogP contribution in [0.4, 0.5) is 0 Å². The number of carboxylic acids is 3. The molecular weight excluding hydrogens is 326 g/mol. The molecule has 0 heterocycles. The second kappa shape index (κ2) is 13.4. The number of unbranched alkanes of at least 4 members (excludes halogenated alkanes) is 3. The molecule has 0 atom stereocenters. The largest absolute Gasteiger partial charge is 0.550 e. The van der Waals surface area contributed by atoms with E-state index in [1.807, 2.05) is 0 Å². The Morgan fingerprint density at radius 2 is 1.36 bits per heavy atom. The number of hydrogen-bond acceptors (Lipinski definition) is 4. The molecule has 0 aliphatic carbocycles. The summed E-state index contributed by atoms with van der Waals surface area (Å²) in [6, 6.07) is 0. The summed E-state index contributed by atoms with van der Waals surface area (Å²) in [5.41, 5.74) is 0. The lowest BCUT2D eigenvalue weighted by molar-refractivity contribution is -0.927. The number of carbonyl (C=O) groups is 3. The van der Waals surface area contributed by atoms with Crippen molar-refractivity contribution < 1.29 is 34.2 Å². The van der Waals surface area contributed by atoms with Crippen molar-refractivity contribution in [1.29, 1.82) is 0 Å². The van der Waals surface area contributed by atoms with Gasteiger partial charge in [-0.15, -0.1) is 0 Å². The molecule has 2 N–H and O–H groups in total. The third kappa shape index (κ3) is 13.1. The number of nitrogens with zero attached hydrogens (tertiary/aromatic N) is 1. The monoisotopic (exact) mass is 357 g/mol. The van der Waals surface area contributed by atoms with Gasteiger partial charge in [-0.05, 0) is 25.7 Å². The van der Waals surface area contributed by atoms with Gasteiger partial charge in [0.1, 0.15) is 0 Å². The molecule has 0 aliphatic rings. The summed E-state index contributed by atoms with van der Waals surface area (Å²) in [5.74, 6) is -3.13. The summed E-state index contributed by atoms with van der Waals surface area (Å²) in [6.45, 7) is 3.37. The van der Waals surface area contributed by atoms with Gasteiger partial charge < -0.3 is 24.6 Å². The van der Waals surface area contributed by atoms with Crippen LogP contribution in [0.2, 0.25) is 0 Å². The Hall–Kier alpha value is -1.89. The summed E-state index contributed by atoms with van der Waals surface area (Å²) < 4.78 is 0.200. The number of quaternary nitrogens is 1. The van der Waals surface area contributed by atoms with Gasteiger partial charge in [-0.1, -0.05) is 25.5 Å². The molecule has 25 heavy (non-hydrogen) atoms. The molecule has 0 aromatic heterocycles. The average Bonchev–Trinajstić information content (AvgIpc) is 2.54. The van der Waals surface area contributed by atoms with Crippen molar-refractivity contribution in [3.8, 4) is 0 Å². The molecule has 0 spiro atoms. The van der Waals surface area contributed by atoms with E-state index in [-0.39, 0.29) is 43.4 Å². The number of allylic oxidation sites excluding steroid dienone is 2. The number of aliphatic carboxylic acids is 3. The Balaban J connectivity index is 4.78. The van der Waals surface area contributed by atoms with Crippen LogP contribution >= 0.6 is 0 Å². The van der Waals surface area contributed by atoms with Crippen molar-refractivity contribution in [3.63, 3.8) is 0 Å². The predicted octanol–water partition coefficient (Wildman–Crippen LogP) is 1.42. The van der Waals surface area contributed by atoms with Crippen molar-refractivity contribution in [3.05, 3.63) is 12.2 Å². The first-order chi connectivity index (χ1) is 11.8. The van der Waals surface area contributed by atoms with Gasteiger partial charge in [-0.3, -0.25) is 9.59 Å². The molecule has 0 radical (unpaired) electrons. The first-order valence-corrected chi connectivity index (χ1v) is 8.95. The number of carbonyl (C=O) groups excluding carboxylic acids is 1. The number of carboxylic acid groups (broad SMARTS) is 3. The molecule has 0 amide bonds. The maximum absolute atomic E-state index is 10.9. The van der Waals surface area contributed by atoms with Crippen molar-refractivity contribution in [1.82, 2.24) is 0 Å². The fourth-order valence-electron chi connectivity index (χ4n) is 2.78. The summed E-state index contributed by atoms with van der Waals surface area (Å²) in [4.78, 5) is 32.7. The highest BCUT2D eigenvalue weighted by molar-refractivity contribution is 5.67. The maximum Gasteiger partial charge on any atom is 0.309 e. The SMILES string of the molecule is CCC/C=C/CCCC[N+](CCC(=O)[O-])(CCC(=O)O)CCC(=O)O. The molecule has 144 valence electrons. The van der Waals surface area contributed by atoms with Crippen LogP contribution in [0.3, 0.4) is 0 Å². The van der Waals surface area contributed by atoms with E-state index in [1.54, 1.807) is 0 Å². The Bertz CT molecular complexity index is 401. The van der Waals surface area contributed by atoms with Crippen LogP contribution in [-0.2, 0) is 14.4 Å². The zero-order valence-corrected chi connectivity index (χ0v) is 15.1. The quantitative estimate of drug-likeness (QED) is 0.245. The first-order valence-electron chi connectivity index (χ1n) is 8.95. The molecule has 0 rings (SSSR count). The molecule has 7 nitrogen and oxygen atoms in total. The number of rotatable bonds is 16. The van der Waals surface area contributed by atoms with Gasteiger partial charge in [0.25, 0.3) is 0 Å². The van der Waals surface area contributed by atoms with E-state index in [9.17, 15) is 19.5 Å². The van der Waals surface area contributed by atoms with E-state index in [1.165, 1.54) is 0 Å². The zero-order valence-electron chi connectivity index (χ0n) is 15.1. The minimum absolute atomic E-state index is 0.108. The topological polar surface area (TPSA) is 115 Å². The summed E-state index contributed by atoms with van der Waals surface area (Å²) >= 11 is 0. The lowest BCUT2D eigenvalue weighted by Gasteiger charge is -2.38. The average molecular weight is 357 g/mol. The summed E-state index contributed by atoms with van der Waals surface area (Å²) in [6.07, 6.45) is 8.60. The van der Waals surface area contributed by atoms with E-state index >= 15 is 0 Å². The van der Waals surface area contributed by atoms with Gasteiger partial charge in [0.2, 0.25) is 0 Å². The lowest BCUT2D eigenvalue weighted by Crippen LogP contribution is -2.53. The van der Waals surface area contributed by atoms with Gasteiger partial charge in [-0.25, -0.2) is 0 Å². The molecule has 0 saturated heterocycles. The van der Waals surface area contributed by atoms with Crippen LogP contribution in [0, 0.1) is 0 Å². The van der Waals surface area contributed by atoms with Crippen molar-refractivity contribution in [2.75, 3.05) is 26.2 Å². The minimum Gasteiger partial charge on any atom is -0.550 e. The molecule has 0 aliphatic heterocycles. The summed E-state index contributed by atoms with van der Waals surface area (Å²) in [5, 5.41) is 28.8. The van der Waals surface area contributed by atoms with Crippen molar-refractivity contribution in [2.24, 2.45) is 0 Å². The zero-order chi connectivity index (χ0) is 19.1. The van der Waals surface area contributed by atoms with Crippen LogP contribution in [0.1, 0.15) is 58.3 Å². The smallest absolute Gasteiger partial charge is 0.309 e. The van der Waals surface area contributed by atoms with Gasteiger partial charge >= 0.3 is 11.9 Å². The molecule has 0 saturated carbocycles. The van der Waals surface area contributed by atoms with E-state index in [2.05, 4.69) is 19.1 Å². The Labute approximate surface area is 149 Å². The number of hydrogen-bond donors (Lipinski definition) is 2. The first kappa shape index (κ1) is 23.1. The molecule has 7 heteroatoms. The fourth-order valence-corrected chi connectivity index (χ4v) is 2.78. The van der Waals surface area contributed by atoms with Crippen LogP contribution in [0.25, 0.3) is 0 Å². The standard InChI is InChI=1S/C18H31NO6/c1-2-3-4-5-6-7-8-12-19(13-9-16(20)21,14-10-17(22)23)15-11-18(24)25/h4-5H,2-3,6-15H2,1H3,(H2-,20,21,22,23,24,25)/b5-4+. The molecular formula is C18H31NO6. The van der Waals surface area contributed by atoms with Crippen molar-refractivity contribution >= 4 is 17.9 Å². The molecule has 0 aromatic rings. The van der Waals surface area contributed by atoms with E-state index in [0.717, 1.165) is 32.1 Å². The highest BCUT2D eigenvalue weighted by atomic mass is 16.4. The highest BCUT2D eigenvalue weighted by Crippen LogP contribution is 2.15. The second-order valence-corrected chi connectivity index (χ2v) is 6.40. The Kier molecular flexibility index (Phi) is 12.4. The third-order valence-corrected chi connectivity index (χ3v) is 4.27. The van der Waals surface area contributed by atoms with Crippen LogP contribution in [-0.4, -0.2) is 58.8 Å². The van der Waals surface area contributed by atoms with Crippen molar-refractivity contribution in [2.45, 2.75) is 58.3 Å². The predicted molar refractivity (Wildman–Crippen MR) is 91.8 cm³/mol. The third-order valence-electron chi connectivity index (χ3n) is 4.27. The van der Waals surface area contributed by atoms with Gasteiger partial charge in [0, 0.05) is 12.4 Å². The van der Waals surface area contributed by atoms with Gasteiger partial charge in [0.05, 0.1) is 39.0 Å². The lowest BCUT2D eigenvalue weighted by atomic mass is 10.1. The van der Waals surface area contributed by atoms with Crippen LogP contribution in [0.5, 0.6) is 0 Å². The molecule has 0 aromatic carbocycles. The summed E-state index contributed by atoms with van der Waals surface area (Å²) in [7, 11) is 0. The molecule has 0 fully saturated rings. The maximum atomic E-state index is 10.9.